The third-order valence-electron chi connectivity index (χ3n) is 4.65. The topological polar surface area (TPSA) is 61.4 Å². The number of hydrogen-bond donors (Lipinski definition) is 0. The normalized spacial score (nSPS) is 11.4. The van der Waals surface area contributed by atoms with Crippen LogP contribution in [0.25, 0.3) is 27.5 Å². The van der Waals surface area contributed by atoms with Gasteiger partial charge in [0.1, 0.15) is 5.69 Å². The van der Waals surface area contributed by atoms with Crippen molar-refractivity contribution in [1.82, 2.24) is 29.5 Å². The predicted molar refractivity (Wildman–Crippen MR) is 100 cm³/mol. The largest absolute Gasteiger partial charge is 0.333 e. The van der Waals surface area contributed by atoms with Crippen molar-refractivity contribution in [3.05, 3.63) is 78.6 Å². The number of hydrogen-bond acceptors (Lipinski definition) is 4. The molecule has 0 bridgehead atoms. The molecule has 126 valence electrons. The van der Waals surface area contributed by atoms with E-state index in [1.165, 1.54) is 16.3 Å². The highest BCUT2D eigenvalue weighted by Gasteiger charge is 2.14. The van der Waals surface area contributed by atoms with Gasteiger partial charge in [0.2, 0.25) is 0 Å². The Hall–Kier alpha value is -3.54. The van der Waals surface area contributed by atoms with Gasteiger partial charge in [0.05, 0.1) is 29.6 Å². The summed E-state index contributed by atoms with van der Waals surface area (Å²) < 4.78 is 4.05. The van der Waals surface area contributed by atoms with E-state index in [4.69, 9.17) is 0 Å². The van der Waals surface area contributed by atoms with Gasteiger partial charge in [-0.1, -0.05) is 23.4 Å². The lowest BCUT2D eigenvalue weighted by atomic mass is 10.2. The smallest absolute Gasteiger partial charge is 0.103 e. The maximum atomic E-state index is 4.49. The number of para-hydroxylation sites is 1. The van der Waals surface area contributed by atoms with E-state index in [9.17, 15) is 0 Å². The molecule has 0 radical (unpaired) electrons. The average molecular weight is 340 g/mol. The van der Waals surface area contributed by atoms with Crippen LogP contribution in [0.1, 0.15) is 11.4 Å². The maximum Gasteiger partial charge on any atom is 0.103 e. The third-order valence-corrected chi connectivity index (χ3v) is 4.65. The van der Waals surface area contributed by atoms with E-state index in [0.717, 1.165) is 22.6 Å². The Morgan fingerprint density at radius 3 is 2.65 bits per heavy atom. The molecular formula is C20H16N6. The summed E-state index contributed by atoms with van der Waals surface area (Å²) in [7, 11) is 0. The van der Waals surface area contributed by atoms with Gasteiger partial charge in [-0.05, 0) is 31.2 Å². The summed E-state index contributed by atoms with van der Waals surface area (Å²) >= 11 is 0. The first-order chi connectivity index (χ1) is 12.8. The molecule has 0 unspecified atom stereocenters. The van der Waals surface area contributed by atoms with Gasteiger partial charge in [-0.2, -0.15) is 0 Å². The van der Waals surface area contributed by atoms with Crippen molar-refractivity contribution in [2.45, 2.75) is 13.5 Å². The minimum Gasteiger partial charge on any atom is -0.333 e. The number of fused-ring (bicyclic) bond motifs is 3. The van der Waals surface area contributed by atoms with E-state index in [2.05, 4.69) is 55.2 Å². The molecule has 0 amide bonds. The number of nitrogens with zero attached hydrogens (tertiary/aromatic N) is 6. The Morgan fingerprint density at radius 1 is 0.923 bits per heavy atom. The predicted octanol–water partition coefficient (Wildman–Crippen LogP) is 3.52. The van der Waals surface area contributed by atoms with Crippen LogP contribution in [0.5, 0.6) is 0 Å². The highest BCUT2D eigenvalue weighted by molar-refractivity contribution is 6.08. The maximum absolute atomic E-state index is 4.49. The molecule has 26 heavy (non-hydrogen) atoms. The zero-order valence-corrected chi connectivity index (χ0v) is 14.2. The van der Waals surface area contributed by atoms with Crippen LogP contribution in [0.2, 0.25) is 0 Å². The molecule has 6 nitrogen and oxygen atoms in total. The van der Waals surface area contributed by atoms with Gasteiger partial charge >= 0.3 is 0 Å². The molecule has 4 heterocycles. The monoisotopic (exact) mass is 340 g/mol. The summed E-state index contributed by atoms with van der Waals surface area (Å²) in [6, 6.07) is 14.3. The van der Waals surface area contributed by atoms with Gasteiger partial charge in [0.25, 0.3) is 0 Å². The van der Waals surface area contributed by atoms with Crippen LogP contribution in [0.3, 0.4) is 0 Å². The molecule has 0 aliphatic carbocycles. The SMILES string of the molecule is Cc1nccc2c3ccccc3n(Cc3cn(-c4ccncc4)nn3)c12. The zero-order valence-electron chi connectivity index (χ0n) is 14.2. The number of aromatic nitrogens is 6. The van der Waals surface area contributed by atoms with E-state index < -0.39 is 0 Å². The molecule has 0 saturated heterocycles. The first kappa shape index (κ1) is 14.8. The molecule has 0 aliphatic heterocycles. The van der Waals surface area contributed by atoms with Gasteiger partial charge in [0.15, 0.2) is 0 Å². The van der Waals surface area contributed by atoms with Gasteiger partial charge in [-0.15, -0.1) is 5.10 Å². The van der Waals surface area contributed by atoms with E-state index >= 15 is 0 Å². The van der Waals surface area contributed by atoms with E-state index in [1.807, 2.05) is 31.5 Å². The van der Waals surface area contributed by atoms with Crippen LogP contribution in [-0.2, 0) is 6.54 Å². The lowest BCUT2D eigenvalue weighted by molar-refractivity contribution is 0.781. The van der Waals surface area contributed by atoms with Crippen LogP contribution in [0, 0.1) is 6.92 Å². The minimum absolute atomic E-state index is 0.641. The molecule has 0 aliphatic rings. The lowest BCUT2D eigenvalue weighted by Crippen LogP contribution is -2.01. The molecule has 5 aromatic rings. The van der Waals surface area contributed by atoms with Gasteiger partial charge in [0, 0.05) is 34.9 Å². The zero-order chi connectivity index (χ0) is 17.5. The molecule has 6 heteroatoms. The van der Waals surface area contributed by atoms with Crippen molar-refractivity contribution in [3.63, 3.8) is 0 Å². The van der Waals surface area contributed by atoms with Crippen LogP contribution in [-0.4, -0.2) is 29.5 Å². The molecule has 4 aromatic heterocycles. The molecule has 1 aromatic carbocycles. The molecular weight excluding hydrogens is 324 g/mol. The Kier molecular flexibility index (Phi) is 3.28. The van der Waals surface area contributed by atoms with E-state index in [0.29, 0.717) is 6.54 Å². The van der Waals surface area contributed by atoms with E-state index in [1.54, 1.807) is 17.1 Å². The van der Waals surface area contributed by atoms with Crippen molar-refractivity contribution < 1.29 is 0 Å². The molecule has 0 saturated carbocycles. The Morgan fingerprint density at radius 2 is 1.77 bits per heavy atom. The summed E-state index contributed by atoms with van der Waals surface area (Å²) in [5, 5.41) is 11.1. The van der Waals surface area contributed by atoms with Gasteiger partial charge in [-0.25, -0.2) is 4.68 Å². The highest BCUT2D eigenvalue weighted by Crippen LogP contribution is 2.30. The summed E-state index contributed by atoms with van der Waals surface area (Å²) in [4.78, 5) is 8.53. The van der Waals surface area contributed by atoms with Crippen molar-refractivity contribution in [2.75, 3.05) is 0 Å². The lowest BCUT2D eigenvalue weighted by Gasteiger charge is -2.06. The Bertz CT molecular complexity index is 1220. The first-order valence-electron chi connectivity index (χ1n) is 8.45. The van der Waals surface area contributed by atoms with Crippen LogP contribution < -0.4 is 0 Å². The van der Waals surface area contributed by atoms with Crippen LogP contribution in [0.4, 0.5) is 0 Å². The van der Waals surface area contributed by atoms with Crippen LogP contribution in [0.15, 0.2) is 67.3 Å². The Balaban J connectivity index is 1.65. The standard InChI is InChI=1S/C20H16N6/c1-14-20-18(8-11-22-14)17-4-2-3-5-19(17)25(20)12-15-13-26(24-23-15)16-6-9-21-10-7-16/h2-11,13H,12H2,1H3. The molecule has 0 atom stereocenters. The van der Waals surface area contributed by atoms with Gasteiger partial charge < -0.3 is 4.57 Å². The van der Waals surface area contributed by atoms with E-state index in [-0.39, 0.29) is 0 Å². The summed E-state index contributed by atoms with van der Waals surface area (Å²) in [5.74, 6) is 0. The fraction of sp³-hybridized carbons (Fsp3) is 0.100. The number of pyridine rings is 2. The fourth-order valence-electron chi connectivity index (χ4n) is 3.49. The van der Waals surface area contributed by atoms with Crippen molar-refractivity contribution >= 4 is 21.8 Å². The first-order valence-corrected chi connectivity index (χ1v) is 8.45. The average Bonchev–Trinajstić information content (AvgIpc) is 3.28. The number of rotatable bonds is 3. The number of benzene rings is 1. The van der Waals surface area contributed by atoms with Crippen LogP contribution >= 0.6 is 0 Å². The van der Waals surface area contributed by atoms with Crippen molar-refractivity contribution in [3.8, 4) is 5.69 Å². The van der Waals surface area contributed by atoms with Gasteiger partial charge in [-0.3, -0.25) is 9.97 Å². The molecule has 0 fully saturated rings. The molecule has 0 N–H and O–H groups in total. The second-order valence-electron chi connectivity index (χ2n) is 6.26. The Labute approximate surface area is 149 Å². The molecule has 0 spiro atoms. The summed E-state index contributed by atoms with van der Waals surface area (Å²) in [5.41, 5.74) is 5.18. The second-order valence-corrected chi connectivity index (χ2v) is 6.26. The third kappa shape index (κ3) is 2.27. The quantitative estimate of drug-likeness (QED) is 0.504. The fourth-order valence-corrected chi connectivity index (χ4v) is 3.49. The summed E-state index contributed by atoms with van der Waals surface area (Å²) in [6.07, 6.45) is 7.33. The number of aryl methyl sites for hydroxylation is 1. The highest BCUT2D eigenvalue weighted by atomic mass is 15.4. The summed E-state index contributed by atoms with van der Waals surface area (Å²) in [6.45, 7) is 2.69. The minimum atomic E-state index is 0.641. The van der Waals surface area contributed by atoms with Crippen molar-refractivity contribution in [2.24, 2.45) is 0 Å². The molecule has 5 rings (SSSR count). The second kappa shape index (κ2) is 5.77. The van der Waals surface area contributed by atoms with Crippen molar-refractivity contribution in [1.29, 1.82) is 0 Å².